The second kappa shape index (κ2) is 4.64. The Hall–Kier alpha value is -1.53. The van der Waals surface area contributed by atoms with Crippen molar-refractivity contribution < 1.29 is 4.39 Å². The van der Waals surface area contributed by atoms with E-state index in [9.17, 15) is 4.39 Å². The van der Waals surface area contributed by atoms with E-state index in [0.29, 0.717) is 5.56 Å². The fourth-order valence-electron chi connectivity index (χ4n) is 0.947. The van der Waals surface area contributed by atoms with Crippen molar-refractivity contribution in [3.8, 4) is 6.07 Å². The number of hydrogen-bond acceptors (Lipinski definition) is 2. The molecule has 14 heavy (non-hydrogen) atoms. The third-order valence-electron chi connectivity index (χ3n) is 1.65. The molecule has 0 saturated heterocycles. The van der Waals surface area contributed by atoms with Gasteiger partial charge in [-0.15, -0.1) is 0 Å². The van der Waals surface area contributed by atoms with Gasteiger partial charge < -0.3 is 5.73 Å². The average molecular weight is 211 g/mol. The summed E-state index contributed by atoms with van der Waals surface area (Å²) in [5.41, 5.74) is 5.85. The number of benzene rings is 1. The monoisotopic (exact) mass is 210 g/mol. The number of hydrogen-bond donors (Lipinski definition) is 1. The minimum Gasteiger partial charge on any atom is -0.396 e. The van der Waals surface area contributed by atoms with E-state index in [1.807, 2.05) is 6.07 Å². The van der Waals surface area contributed by atoms with Crippen molar-refractivity contribution in [3.05, 3.63) is 34.6 Å². The lowest BCUT2D eigenvalue weighted by Crippen LogP contribution is -1.92. The molecule has 0 bridgehead atoms. The van der Waals surface area contributed by atoms with E-state index < -0.39 is 5.82 Å². The molecule has 0 aliphatic heterocycles. The topological polar surface area (TPSA) is 49.8 Å². The molecule has 0 saturated carbocycles. The van der Waals surface area contributed by atoms with Gasteiger partial charge in [-0.2, -0.15) is 5.26 Å². The number of nitrogens with zero attached hydrogens (tertiary/aromatic N) is 1. The third kappa shape index (κ3) is 2.24. The number of nitrogens with two attached hydrogens (primary N) is 1. The Morgan fingerprint density at radius 3 is 2.93 bits per heavy atom. The first kappa shape index (κ1) is 10.6. The van der Waals surface area contributed by atoms with Crippen molar-refractivity contribution >= 4 is 23.4 Å². The standard InChI is InChI=1S/C10H8ClFN2/c11-9-7(3-1-2-6-13)4-5-8(14)10(9)12/h1,3-5H,2,14H2. The molecule has 0 aliphatic rings. The summed E-state index contributed by atoms with van der Waals surface area (Å²) in [6.45, 7) is 0. The zero-order valence-electron chi connectivity index (χ0n) is 7.30. The molecular weight excluding hydrogens is 203 g/mol. The predicted octanol–water partition coefficient (Wildman–Crippen LogP) is 2.99. The fraction of sp³-hybridized carbons (Fsp3) is 0.100. The summed E-state index contributed by atoms with van der Waals surface area (Å²) < 4.78 is 13.1. The van der Waals surface area contributed by atoms with E-state index >= 15 is 0 Å². The van der Waals surface area contributed by atoms with Gasteiger partial charge in [0.25, 0.3) is 0 Å². The third-order valence-corrected chi connectivity index (χ3v) is 2.03. The highest BCUT2D eigenvalue weighted by Crippen LogP contribution is 2.25. The van der Waals surface area contributed by atoms with Crippen LogP contribution in [-0.4, -0.2) is 0 Å². The van der Waals surface area contributed by atoms with Crippen molar-refractivity contribution in [2.45, 2.75) is 6.42 Å². The highest BCUT2D eigenvalue weighted by Gasteiger charge is 2.06. The molecular formula is C10H8ClFN2. The number of nitriles is 1. The molecule has 0 amide bonds. The normalized spacial score (nSPS) is 10.4. The molecule has 1 aromatic carbocycles. The Balaban J connectivity index is 3.01. The highest BCUT2D eigenvalue weighted by molar-refractivity contribution is 6.32. The molecule has 2 nitrogen and oxygen atoms in total. The van der Waals surface area contributed by atoms with Crippen LogP contribution >= 0.6 is 11.6 Å². The molecule has 0 spiro atoms. The van der Waals surface area contributed by atoms with Gasteiger partial charge in [-0.05, 0) is 11.6 Å². The quantitative estimate of drug-likeness (QED) is 0.763. The van der Waals surface area contributed by atoms with E-state index in [2.05, 4.69) is 0 Å². The van der Waals surface area contributed by atoms with Gasteiger partial charge in [-0.1, -0.05) is 29.8 Å². The summed E-state index contributed by atoms with van der Waals surface area (Å²) in [6.07, 6.45) is 3.47. The first-order valence-electron chi connectivity index (χ1n) is 3.93. The van der Waals surface area contributed by atoms with E-state index in [1.165, 1.54) is 6.07 Å². The molecule has 0 fully saturated rings. The van der Waals surface area contributed by atoms with Crippen LogP contribution in [0.5, 0.6) is 0 Å². The van der Waals surface area contributed by atoms with Crippen LogP contribution in [0.3, 0.4) is 0 Å². The Morgan fingerprint density at radius 2 is 2.29 bits per heavy atom. The van der Waals surface area contributed by atoms with Gasteiger partial charge in [-0.25, -0.2) is 4.39 Å². The van der Waals surface area contributed by atoms with Crippen molar-refractivity contribution in [2.24, 2.45) is 0 Å². The summed E-state index contributed by atoms with van der Waals surface area (Å²) in [4.78, 5) is 0. The van der Waals surface area contributed by atoms with Gasteiger partial charge >= 0.3 is 0 Å². The minimum atomic E-state index is -0.620. The van der Waals surface area contributed by atoms with Crippen molar-refractivity contribution in [2.75, 3.05) is 5.73 Å². The van der Waals surface area contributed by atoms with Crippen LogP contribution in [0.1, 0.15) is 12.0 Å². The largest absolute Gasteiger partial charge is 0.396 e. The Morgan fingerprint density at radius 1 is 1.57 bits per heavy atom. The summed E-state index contributed by atoms with van der Waals surface area (Å²) in [6, 6.07) is 4.98. The lowest BCUT2D eigenvalue weighted by Gasteiger charge is -2.02. The molecule has 72 valence electrons. The zero-order valence-corrected chi connectivity index (χ0v) is 8.05. The fourth-order valence-corrected chi connectivity index (χ4v) is 1.18. The summed E-state index contributed by atoms with van der Waals surface area (Å²) >= 11 is 5.69. The summed E-state index contributed by atoms with van der Waals surface area (Å²) in [5, 5.41) is 8.27. The second-order valence-corrected chi connectivity index (χ2v) is 3.01. The Labute approximate surface area is 86.4 Å². The minimum absolute atomic E-state index is 0.0146. The maximum atomic E-state index is 13.1. The van der Waals surface area contributed by atoms with Crippen LogP contribution in [0.4, 0.5) is 10.1 Å². The lowest BCUT2D eigenvalue weighted by molar-refractivity contribution is 0.632. The Bertz CT molecular complexity index is 407. The SMILES string of the molecule is N#CCC=Cc1ccc(N)c(F)c1Cl. The van der Waals surface area contributed by atoms with Crippen LogP contribution in [0, 0.1) is 17.1 Å². The van der Waals surface area contributed by atoms with Crippen LogP contribution in [-0.2, 0) is 0 Å². The van der Waals surface area contributed by atoms with E-state index in [0.717, 1.165) is 0 Å². The van der Waals surface area contributed by atoms with Gasteiger partial charge in [0.2, 0.25) is 0 Å². The zero-order chi connectivity index (χ0) is 10.6. The molecule has 0 heterocycles. The van der Waals surface area contributed by atoms with Crippen LogP contribution in [0.15, 0.2) is 18.2 Å². The molecule has 0 aliphatic carbocycles. The Kier molecular flexibility index (Phi) is 3.49. The number of halogens is 2. The lowest BCUT2D eigenvalue weighted by atomic mass is 10.1. The van der Waals surface area contributed by atoms with E-state index in [1.54, 1.807) is 18.2 Å². The van der Waals surface area contributed by atoms with E-state index in [4.69, 9.17) is 22.6 Å². The van der Waals surface area contributed by atoms with E-state index in [-0.39, 0.29) is 17.1 Å². The number of anilines is 1. The second-order valence-electron chi connectivity index (χ2n) is 2.64. The van der Waals surface area contributed by atoms with Crippen molar-refractivity contribution in [3.63, 3.8) is 0 Å². The average Bonchev–Trinajstić information content (AvgIpc) is 2.18. The van der Waals surface area contributed by atoms with Crippen molar-refractivity contribution in [1.29, 1.82) is 5.26 Å². The van der Waals surface area contributed by atoms with Gasteiger partial charge in [0.1, 0.15) is 0 Å². The maximum absolute atomic E-state index is 13.1. The molecule has 1 aromatic rings. The predicted molar refractivity (Wildman–Crippen MR) is 55.1 cm³/mol. The summed E-state index contributed by atoms with van der Waals surface area (Å²) in [5.74, 6) is -0.620. The molecule has 0 aromatic heterocycles. The molecule has 2 N–H and O–H groups in total. The van der Waals surface area contributed by atoms with Gasteiger partial charge in [-0.3, -0.25) is 0 Å². The van der Waals surface area contributed by atoms with Gasteiger partial charge in [0, 0.05) is 0 Å². The van der Waals surface area contributed by atoms with Gasteiger partial charge in [0.05, 0.1) is 23.2 Å². The first-order chi connectivity index (χ1) is 6.66. The van der Waals surface area contributed by atoms with Crippen molar-refractivity contribution in [1.82, 2.24) is 0 Å². The molecule has 4 heteroatoms. The van der Waals surface area contributed by atoms with Crippen LogP contribution in [0.2, 0.25) is 5.02 Å². The molecule has 0 unspecified atom stereocenters. The number of nitrogen functional groups attached to an aromatic ring is 1. The molecule has 0 radical (unpaired) electrons. The van der Waals surface area contributed by atoms with Crippen LogP contribution in [0.25, 0.3) is 6.08 Å². The highest BCUT2D eigenvalue weighted by atomic mass is 35.5. The molecule has 1 rings (SSSR count). The van der Waals surface area contributed by atoms with Gasteiger partial charge in [0.15, 0.2) is 5.82 Å². The molecule has 0 atom stereocenters. The summed E-state index contributed by atoms with van der Waals surface area (Å²) in [7, 11) is 0. The van der Waals surface area contributed by atoms with Crippen LogP contribution < -0.4 is 5.73 Å². The number of allylic oxidation sites excluding steroid dienone is 1. The smallest absolute Gasteiger partial charge is 0.165 e. The number of rotatable bonds is 2. The maximum Gasteiger partial charge on any atom is 0.165 e. The first-order valence-corrected chi connectivity index (χ1v) is 4.31.